The fourth-order valence-electron chi connectivity index (χ4n) is 3.93. The summed E-state index contributed by atoms with van der Waals surface area (Å²) in [6.45, 7) is 1.12. The van der Waals surface area contributed by atoms with Crippen molar-refractivity contribution >= 4 is 14.2 Å². The van der Waals surface area contributed by atoms with Gasteiger partial charge in [0.15, 0.2) is 17.3 Å². The molecule has 0 saturated carbocycles. The number of likely N-dealkylation sites (N-methyl/N-ethyl adjacent to an activating group) is 1. The Hall–Kier alpha value is -2.25. The molecule has 2 aliphatic heterocycles. The third-order valence-electron chi connectivity index (χ3n) is 5.41. The molecule has 3 radical (unpaired) electrons. The van der Waals surface area contributed by atoms with Gasteiger partial charge in [0, 0.05) is 20.4 Å². The highest BCUT2D eigenvalue weighted by Crippen LogP contribution is 2.47. The molecular formula is C22H25BIN2O4. The van der Waals surface area contributed by atoms with E-state index in [1.807, 2.05) is 6.07 Å². The topological polar surface area (TPSA) is 73.0 Å². The number of hydrogen-bond donors (Lipinski definition) is 1. The molecule has 2 atom stereocenters. The number of rotatable bonds is 4. The summed E-state index contributed by atoms with van der Waals surface area (Å²) in [5.41, 5.74) is 3.35. The first-order valence-electron chi connectivity index (χ1n) is 8.97. The van der Waals surface area contributed by atoms with E-state index in [1.54, 1.807) is 31.4 Å². The zero-order valence-corrected chi connectivity index (χ0v) is 18.5. The highest BCUT2D eigenvalue weighted by Gasteiger charge is 2.37. The Labute approximate surface area is 196 Å². The van der Waals surface area contributed by atoms with Gasteiger partial charge in [-0.1, -0.05) is 19.6 Å². The number of benzene rings is 2. The average Bonchev–Trinajstić information content (AvgIpc) is 3.16. The minimum atomic E-state index is -0.0265. The van der Waals surface area contributed by atoms with Gasteiger partial charge >= 0.3 is 0 Å². The normalized spacial score (nSPS) is 17.9. The van der Waals surface area contributed by atoms with Crippen LogP contribution in [0.3, 0.4) is 0 Å². The molecule has 2 aliphatic rings. The minimum absolute atomic E-state index is 0. The number of nitrogens with one attached hydrogen (secondary N) is 1. The molecule has 2 aromatic carbocycles. The number of Topliss-reactive ketones (excluding diaryl/α,β-unsaturated/α-hetero) is 1. The van der Waals surface area contributed by atoms with Crippen LogP contribution < -0.4 is 43.1 Å². The monoisotopic (exact) mass is 519 g/mol. The summed E-state index contributed by atoms with van der Waals surface area (Å²) in [5.74, 6) is 2.07. The van der Waals surface area contributed by atoms with Crippen molar-refractivity contribution in [1.29, 1.82) is 5.26 Å². The van der Waals surface area contributed by atoms with E-state index in [2.05, 4.69) is 13.1 Å². The van der Waals surface area contributed by atoms with E-state index < -0.39 is 0 Å². The van der Waals surface area contributed by atoms with Crippen LogP contribution in [0.4, 0.5) is 0 Å². The van der Waals surface area contributed by atoms with Gasteiger partial charge in [-0.25, -0.2) is 0 Å². The summed E-state index contributed by atoms with van der Waals surface area (Å²) < 4.78 is 16.8. The molecule has 0 spiro atoms. The first kappa shape index (κ1) is 25.8. The van der Waals surface area contributed by atoms with E-state index in [4.69, 9.17) is 19.5 Å². The average molecular weight is 519 g/mol. The van der Waals surface area contributed by atoms with Gasteiger partial charge in [-0.3, -0.25) is 4.79 Å². The minimum Gasteiger partial charge on any atom is -1.00 e. The number of carbonyl (C=O) groups excluding carboxylic acids is 1. The van der Waals surface area contributed by atoms with Crippen molar-refractivity contribution in [2.75, 3.05) is 27.5 Å². The molecule has 8 heteroatoms. The summed E-state index contributed by atoms with van der Waals surface area (Å²) in [6, 6.07) is 10.9. The second-order valence-corrected chi connectivity index (χ2v) is 6.93. The summed E-state index contributed by atoms with van der Waals surface area (Å²) in [7, 11) is 3.73. The molecular weight excluding hydrogens is 494 g/mol. The molecule has 0 aliphatic carbocycles. The van der Waals surface area contributed by atoms with E-state index in [0.717, 1.165) is 24.1 Å². The van der Waals surface area contributed by atoms with Gasteiger partial charge in [0.05, 0.1) is 44.3 Å². The molecule has 30 heavy (non-hydrogen) atoms. The predicted octanol–water partition coefficient (Wildman–Crippen LogP) is -1.06. The lowest BCUT2D eigenvalue weighted by atomic mass is 9.87. The van der Waals surface area contributed by atoms with Gasteiger partial charge in [-0.15, -0.1) is 0 Å². The number of methoxy groups -OCH3 is 1. The van der Waals surface area contributed by atoms with Crippen LogP contribution in [0, 0.1) is 11.3 Å². The number of hydrogen-bond acceptors (Lipinski definition) is 5. The first-order chi connectivity index (χ1) is 13.1. The van der Waals surface area contributed by atoms with E-state index in [9.17, 15) is 4.79 Å². The van der Waals surface area contributed by atoms with Crippen LogP contribution in [0.15, 0.2) is 30.3 Å². The number of ether oxygens (including phenoxy) is 3. The summed E-state index contributed by atoms with van der Waals surface area (Å²) in [6.07, 6.45) is 1.26. The Balaban J connectivity index is 0.00000150. The van der Waals surface area contributed by atoms with Crippen molar-refractivity contribution in [2.45, 2.75) is 26.3 Å². The van der Waals surface area contributed by atoms with Crippen LogP contribution in [0.1, 0.15) is 46.9 Å². The molecule has 2 unspecified atom stereocenters. The van der Waals surface area contributed by atoms with E-state index in [1.165, 1.54) is 4.90 Å². The van der Waals surface area contributed by atoms with Crippen LogP contribution >= 0.6 is 0 Å². The van der Waals surface area contributed by atoms with Gasteiger partial charge in [0.25, 0.3) is 0 Å². The van der Waals surface area contributed by atoms with Crippen LogP contribution in [-0.2, 0) is 6.42 Å². The third kappa shape index (κ3) is 4.57. The molecule has 4 rings (SSSR count). The lowest BCUT2D eigenvalue weighted by molar-refractivity contribution is -0.913. The lowest BCUT2D eigenvalue weighted by Gasteiger charge is -2.32. The molecule has 157 valence electrons. The quantitative estimate of drug-likeness (QED) is 0.317. The smallest absolute Gasteiger partial charge is 0.231 e. The summed E-state index contributed by atoms with van der Waals surface area (Å²) in [4.78, 5) is 14.2. The van der Waals surface area contributed by atoms with Crippen molar-refractivity contribution in [1.82, 2.24) is 0 Å². The van der Waals surface area contributed by atoms with Crippen LogP contribution in [0.25, 0.3) is 0 Å². The summed E-state index contributed by atoms with van der Waals surface area (Å²) >= 11 is 0. The third-order valence-corrected chi connectivity index (χ3v) is 5.41. The highest BCUT2D eigenvalue weighted by atomic mass is 127. The maximum absolute atomic E-state index is 12.9. The van der Waals surface area contributed by atoms with Gasteiger partial charge in [0.2, 0.25) is 12.5 Å². The van der Waals surface area contributed by atoms with Crippen molar-refractivity contribution in [2.24, 2.45) is 0 Å². The molecule has 2 aromatic rings. The van der Waals surface area contributed by atoms with Crippen LogP contribution in [-0.4, -0.2) is 41.7 Å². The Morgan fingerprint density at radius 2 is 2.00 bits per heavy atom. The molecule has 0 bridgehead atoms. The predicted molar refractivity (Wildman–Crippen MR) is 110 cm³/mol. The molecule has 0 saturated heterocycles. The van der Waals surface area contributed by atoms with Crippen molar-refractivity contribution < 1.29 is 47.9 Å². The van der Waals surface area contributed by atoms with Gasteiger partial charge in [0.1, 0.15) is 6.04 Å². The molecule has 2 heterocycles. The number of nitriles is 1. The molecule has 0 fully saturated rings. The van der Waals surface area contributed by atoms with Crippen molar-refractivity contribution in [3.63, 3.8) is 0 Å². The van der Waals surface area contributed by atoms with Gasteiger partial charge in [-0.05, 0) is 23.8 Å². The fraction of sp³-hybridized carbons (Fsp3) is 0.364. The molecule has 6 nitrogen and oxygen atoms in total. The zero-order valence-electron chi connectivity index (χ0n) is 16.3. The Morgan fingerprint density at radius 3 is 2.63 bits per heavy atom. The number of ketones is 1. The highest BCUT2D eigenvalue weighted by molar-refractivity contribution is 5.96. The molecule has 0 aromatic heterocycles. The molecule has 0 amide bonds. The Kier molecular flexibility index (Phi) is 9.19. The Morgan fingerprint density at radius 1 is 1.30 bits per heavy atom. The maximum atomic E-state index is 12.9. The first-order valence-corrected chi connectivity index (χ1v) is 8.97. The number of carbonyl (C=O) groups is 1. The van der Waals surface area contributed by atoms with Gasteiger partial charge in [-0.2, -0.15) is 5.26 Å². The fourth-order valence-corrected chi connectivity index (χ4v) is 3.93. The second kappa shape index (κ2) is 10.7. The maximum Gasteiger partial charge on any atom is 0.231 e. The molecule has 1 N–H and O–H groups in total. The van der Waals surface area contributed by atoms with Crippen molar-refractivity contribution in [3.8, 4) is 23.3 Å². The van der Waals surface area contributed by atoms with Gasteiger partial charge < -0.3 is 43.1 Å². The largest absolute Gasteiger partial charge is 1.00 e. The Bertz CT molecular complexity index is 944. The second-order valence-electron chi connectivity index (χ2n) is 6.93. The number of quaternary nitrogens is 1. The van der Waals surface area contributed by atoms with E-state index in [0.29, 0.717) is 34.8 Å². The van der Waals surface area contributed by atoms with E-state index in [-0.39, 0.29) is 58.4 Å². The summed E-state index contributed by atoms with van der Waals surface area (Å²) in [5, 5.41) is 8.93. The number of fused-ring (bicyclic) bond motifs is 2. The standard InChI is InChI=1S/C21H20N2O4.CH4.B.HI/c1-23-8-7-15-9-18-20(27-12-26-18)21(25-2)19(15)16(23)10-17(24)14-5-3-13(11-22)4-6-14;;;/h3-6,9,16H,7-8,10,12H2,1-2H3;1H4;;1H. The SMILES string of the molecule is C.COc1c2c(cc3c1C(CC(=O)c1ccc(C#N)cc1)[NH+](C)CC3)OCO2.[B].[I-]. The number of halogens is 1. The zero-order chi connectivity index (χ0) is 19.0. The number of nitrogens with zero attached hydrogens (tertiary/aromatic N) is 1. The van der Waals surface area contributed by atoms with Crippen LogP contribution in [0.2, 0.25) is 0 Å². The van der Waals surface area contributed by atoms with Crippen LogP contribution in [0.5, 0.6) is 17.2 Å². The van der Waals surface area contributed by atoms with Crippen molar-refractivity contribution in [3.05, 3.63) is 52.6 Å². The van der Waals surface area contributed by atoms with E-state index >= 15 is 0 Å². The lowest BCUT2D eigenvalue weighted by Crippen LogP contribution is -3.10.